The lowest BCUT2D eigenvalue weighted by molar-refractivity contribution is 0.0600. The summed E-state index contributed by atoms with van der Waals surface area (Å²) in [5.41, 5.74) is 0.401. The van der Waals surface area contributed by atoms with E-state index in [1.54, 1.807) is 12.1 Å². The van der Waals surface area contributed by atoms with Crippen molar-refractivity contribution in [3.05, 3.63) is 57.6 Å². The van der Waals surface area contributed by atoms with Crippen LogP contribution in [0.1, 0.15) is 20.7 Å². The topological polar surface area (TPSA) is 68.3 Å². The summed E-state index contributed by atoms with van der Waals surface area (Å²) in [5, 5.41) is 1.83. The van der Waals surface area contributed by atoms with E-state index in [4.69, 9.17) is 23.2 Å². The predicted molar refractivity (Wildman–Crippen MR) is 79.9 cm³/mol. The standard InChI is InChI=1S/C14H9Cl2FN2O3/c1-22-14(21)7-3-2-4-8(5-7)18-13(20)9-6-10(17)12(16)19-11(9)15/h2-6H,1H3,(H,18,20). The molecule has 0 spiro atoms. The summed E-state index contributed by atoms with van der Waals surface area (Å²) in [5.74, 6) is -2.09. The Labute approximate surface area is 135 Å². The highest BCUT2D eigenvalue weighted by atomic mass is 35.5. The number of hydrogen-bond acceptors (Lipinski definition) is 4. The van der Waals surface area contributed by atoms with Gasteiger partial charge in [0.15, 0.2) is 11.0 Å². The second kappa shape index (κ2) is 6.72. The molecule has 0 aliphatic heterocycles. The van der Waals surface area contributed by atoms with Gasteiger partial charge in [0.1, 0.15) is 5.15 Å². The molecule has 1 amide bonds. The number of aromatic nitrogens is 1. The van der Waals surface area contributed by atoms with Crippen LogP contribution in [-0.2, 0) is 4.74 Å². The molecule has 1 heterocycles. The van der Waals surface area contributed by atoms with Gasteiger partial charge in [0.2, 0.25) is 0 Å². The highest BCUT2D eigenvalue weighted by molar-refractivity contribution is 6.35. The van der Waals surface area contributed by atoms with Gasteiger partial charge in [0, 0.05) is 5.69 Å². The molecule has 0 fully saturated rings. The zero-order valence-corrected chi connectivity index (χ0v) is 12.7. The number of amides is 1. The van der Waals surface area contributed by atoms with Crippen LogP contribution < -0.4 is 5.32 Å². The Morgan fingerprint density at radius 2 is 1.95 bits per heavy atom. The number of carbonyl (C=O) groups is 2. The lowest BCUT2D eigenvalue weighted by atomic mass is 10.2. The first-order valence-corrected chi connectivity index (χ1v) is 6.69. The van der Waals surface area contributed by atoms with Crippen LogP contribution in [0.2, 0.25) is 10.3 Å². The van der Waals surface area contributed by atoms with Crippen molar-refractivity contribution < 1.29 is 18.7 Å². The van der Waals surface area contributed by atoms with Crippen LogP contribution in [0.3, 0.4) is 0 Å². The SMILES string of the molecule is COC(=O)c1cccc(NC(=O)c2cc(F)c(Cl)nc2Cl)c1. The molecule has 0 bridgehead atoms. The highest BCUT2D eigenvalue weighted by Gasteiger charge is 2.16. The zero-order chi connectivity index (χ0) is 16.3. The largest absolute Gasteiger partial charge is 0.465 e. The second-order valence-corrected chi connectivity index (χ2v) is 4.84. The second-order valence-electron chi connectivity index (χ2n) is 4.13. The van der Waals surface area contributed by atoms with E-state index in [2.05, 4.69) is 15.0 Å². The lowest BCUT2D eigenvalue weighted by Gasteiger charge is -2.08. The molecule has 0 radical (unpaired) electrons. The summed E-state index contributed by atoms with van der Waals surface area (Å²) in [6.45, 7) is 0. The van der Waals surface area contributed by atoms with Gasteiger partial charge >= 0.3 is 5.97 Å². The number of esters is 1. The Hall–Kier alpha value is -2.18. The summed E-state index contributed by atoms with van der Waals surface area (Å²) in [6, 6.07) is 6.94. The van der Waals surface area contributed by atoms with Crippen LogP contribution in [0.4, 0.5) is 10.1 Å². The molecule has 8 heteroatoms. The molecule has 0 aliphatic rings. The van der Waals surface area contributed by atoms with Crippen molar-refractivity contribution >= 4 is 40.8 Å². The normalized spacial score (nSPS) is 10.2. The summed E-state index contributed by atoms with van der Waals surface area (Å²) in [6.07, 6.45) is 0. The summed E-state index contributed by atoms with van der Waals surface area (Å²) >= 11 is 11.2. The highest BCUT2D eigenvalue weighted by Crippen LogP contribution is 2.21. The fourth-order valence-electron chi connectivity index (χ4n) is 1.65. The third-order valence-electron chi connectivity index (χ3n) is 2.67. The molecule has 0 unspecified atom stereocenters. The first-order valence-electron chi connectivity index (χ1n) is 5.93. The Kier molecular flexibility index (Phi) is 4.95. The third kappa shape index (κ3) is 3.52. The number of carbonyl (C=O) groups excluding carboxylic acids is 2. The van der Waals surface area contributed by atoms with Gasteiger partial charge < -0.3 is 10.1 Å². The molecule has 1 aromatic heterocycles. The summed E-state index contributed by atoms with van der Waals surface area (Å²) in [7, 11) is 1.25. The predicted octanol–water partition coefficient (Wildman–Crippen LogP) is 3.57. The fourth-order valence-corrected chi connectivity index (χ4v) is 2.05. The quantitative estimate of drug-likeness (QED) is 0.683. The minimum Gasteiger partial charge on any atom is -0.465 e. The summed E-state index contributed by atoms with van der Waals surface area (Å²) in [4.78, 5) is 27.0. The van der Waals surface area contributed by atoms with Gasteiger partial charge in [-0.25, -0.2) is 14.2 Å². The van der Waals surface area contributed by atoms with E-state index in [-0.39, 0.29) is 16.3 Å². The van der Waals surface area contributed by atoms with Crippen molar-refractivity contribution in [2.45, 2.75) is 0 Å². The molecule has 22 heavy (non-hydrogen) atoms. The number of hydrogen-bond donors (Lipinski definition) is 1. The van der Waals surface area contributed by atoms with Gasteiger partial charge in [-0.1, -0.05) is 29.3 Å². The van der Waals surface area contributed by atoms with Crippen LogP contribution in [0.15, 0.2) is 30.3 Å². The number of halogens is 3. The maximum absolute atomic E-state index is 13.4. The average Bonchev–Trinajstić information content (AvgIpc) is 2.50. The number of nitrogens with zero attached hydrogens (tertiary/aromatic N) is 1. The van der Waals surface area contributed by atoms with E-state index in [0.717, 1.165) is 6.07 Å². The van der Waals surface area contributed by atoms with Crippen molar-refractivity contribution in [2.24, 2.45) is 0 Å². The molecule has 0 saturated heterocycles. The molecule has 1 N–H and O–H groups in total. The molecule has 2 rings (SSSR count). The molecule has 0 saturated carbocycles. The van der Waals surface area contributed by atoms with Crippen LogP contribution >= 0.6 is 23.2 Å². The minimum absolute atomic E-state index is 0.174. The van der Waals surface area contributed by atoms with Gasteiger partial charge in [-0.05, 0) is 24.3 Å². The van der Waals surface area contributed by atoms with Crippen LogP contribution in [0, 0.1) is 5.82 Å². The van der Waals surface area contributed by atoms with Crippen LogP contribution in [0.5, 0.6) is 0 Å². The van der Waals surface area contributed by atoms with Gasteiger partial charge in [-0.15, -0.1) is 0 Å². The van der Waals surface area contributed by atoms with Gasteiger partial charge in [0.05, 0.1) is 18.2 Å². The first-order chi connectivity index (χ1) is 10.4. The number of ether oxygens (including phenoxy) is 1. The van der Waals surface area contributed by atoms with E-state index in [0.29, 0.717) is 5.69 Å². The zero-order valence-electron chi connectivity index (χ0n) is 11.2. The van der Waals surface area contributed by atoms with E-state index in [1.165, 1.54) is 19.2 Å². The van der Waals surface area contributed by atoms with Gasteiger partial charge in [0.25, 0.3) is 5.91 Å². The maximum Gasteiger partial charge on any atom is 0.337 e. The lowest BCUT2D eigenvalue weighted by Crippen LogP contribution is -2.14. The van der Waals surface area contributed by atoms with E-state index < -0.39 is 22.8 Å². The molecule has 5 nitrogen and oxygen atoms in total. The fraction of sp³-hybridized carbons (Fsp3) is 0.0714. The van der Waals surface area contributed by atoms with Gasteiger partial charge in [-0.3, -0.25) is 4.79 Å². The number of rotatable bonds is 3. The van der Waals surface area contributed by atoms with Crippen molar-refractivity contribution in [3.8, 4) is 0 Å². The number of anilines is 1. The minimum atomic E-state index is -0.862. The number of nitrogens with one attached hydrogen (secondary N) is 1. The molecule has 114 valence electrons. The van der Waals surface area contributed by atoms with Crippen molar-refractivity contribution in [1.82, 2.24) is 4.98 Å². The van der Waals surface area contributed by atoms with Crippen molar-refractivity contribution in [3.63, 3.8) is 0 Å². The third-order valence-corrected chi connectivity index (χ3v) is 3.23. The molecule has 0 aliphatic carbocycles. The molecule has 2 aromatic rings. The Bertz CT molecular complexity index is 753. The van der Waals surface area contributed by atoms with E-state index >= 15 is 0 Å². The van der Waals surface area contributed by atoms with Crippen LogP contribution in [0.25, 0.3) is 0 Å². The Morgan fingerprint density at radius 3 is 2.64 bits per heavy atom. The van der Waals surface area contributed by atoms with Gasteiger partial charge in [-0.2, -0.15) is 0 Å². The average molecular weight is 343 g/mol. The Morgan fingerprint density at radius 1 is 1.23 bits per heavy atom. The molecular formula is C14H9Cl2FN2O3. The first kappa shape index (κ1) is 16.2. The monoisotopic (exact) mass is 342 g/mol. The van der Waals surface area contributed by atoms with Crippen molar-refractivity contribution in [2.75, 3.05) is 12.4 Å². The van der Waals surface area contributed by atoms with E-state index in [1.807, 2.05) is 0 Å². The number of benzene rings is 1. The molecule has 0 atom stereocenters. The molecule has 1 aromatic carbocycles. The van der Waals surface area contributed by atoms with Crippen LogP contribution in [-0.4, -0.2) is 24.0 Å². The van der Waals surface area contributed by atoms with Crippen molar-refractivity contribution in [1.29, 1.82) is 0 Å². The molecular weight excluding hydrogens is 334 g/mol. The van der Waals surface area contributed by atoms with E-state index in [9.17, 15) is 14.0 Å². The number of methoxy groups -OCH3 is 1. The number of pyridine rings is 1. The summed E-state index contributed by atoms with van der Waals surface area (Å²) < 4.78 is 18.0. The smallest absolute Gasteiger partial charge is 0.337 e. The Balaban J connectivity index is 2.26. The maximum atomic E-state index is 13.4.